The SMILES string of the molecule is COc1ccc(C2CC(c3ccccc3O)=NN2c2ccc(S(N)(=O)=O)cc2)cc1OC. The highest BCUT2D eigenvalue weighted by Crippen LogP contribution is 2.40. The van der Waals surface area contributed by atoms with E-state index in [0.717, 1.165) is 5.56 Å². The fourth-order valence-corrected chi connectivity index (χ4v) is 4.25. The molecule has 166 valence electrons. The van der Waals surface area contributed by atoms with Gasteiger partial charge in [-0.1, -0.05) is 18.2 Å². The molecule has 1 aliphatic heterocycles. The number of phenolic OH excluding ortho intramolecular Hbond substituents is 1. The highest BCUT2D eigenvalue weighted by atomic mass is 32.2. The summed E-state index contributed by atoms with van der Waals surface area (Å²) in [5, 5.41) is 22.2. The average molecular weight is 454 g/mol. The third-order valence-corrected chi connectivity index (χ3v) is 6.28. The Morgan fingerprint density at radius 1 is 1.00 bits per heavy atom. The number of sulfonamides is 1. The summed E-state index contributed by atoms with van der Waals surface area (Å²) in [6, 6.07) is 18.7. The standard InChI is InChI=1S/C23H23N3O5S/c1-30-22-12-7-15(13-23(22)31-2)20-14-19(18-5-3-4-6-21(18)27)25-26(20)16-8-10-17(11-9-16)32(24,28)29/h3-13,20,27H,14H2,1-2H3,(H2,24,28,29). The fourth-order valence-electron chi connectivity index (χ4n) is 3.74. The zero-order chi connectivity index (χ0) is 22.9. The maximum atomic E-state index is 11.6. The van der Waals surface area contributed by atoms with E-state index in [9.17, 15) is 13.5 Å². The molecule has 3 N–H and O–H groups in total. The molecule has 0 aromatic heterocycles. The molecule has 3 aromatic carbocycles. The van der Waals surface area contributed by atoms with Crippen molar-refractivity contribution in [2.45, 2.75) is 17.4 Å². The second-order valence-corrected chi connectivity index (χ2v) is 8.84. The number of nitrogens with two attached hydrogens (primary N) is 1. The molecule has 8 nitrogen and oxygen atoms in total. The molecule has 1 aliphatic rings. The molecule has 0 aliphatic carbocycles. The Labute approximate surface area is 186 Å². The number of hydrazone groups is 1. The Morgan fingerprint density at radius 3 is 2.31 bits per heavy atom. The van der Waals surface area contributed by atoms with Crippen LogP contribution < -0.4 is 19.6 Å². The van der Waals surface area contributed by atoms with E-state index < -0.39 is 10.0 Å². The van der Waals surface area contributed by atoms with Crippen LogP contribution in [0.3, 0.4) is 0 Å². The van der Waals surface area contributed by atoms with Crippen LogP contribution in [0.1, 0.15) is 23.6 Å². The molecule has 4 rings (SSSR count). The Bertz CT molecular complexity index is 1270. The Morgan fingerprint density at radius 2 is 1.69 bits per heavy atom. The van der Waals surface area contributed by atoms with Crippen LogP contribution in [-0.4, -0.2) is 33.5 Å². The predicted octanol–water partition coefficient (Wildman–Crippen LogP) is 3.41. The normalized spacial score (nSPS) is 16.0. The molecule has 0 saturated heterocycles. The van der Waals surface area contributed by atoms with Gasteiger partial charge in [-0.2, -0.15) is 5.10 Å². The van der Waals surface area contributed by atoms with Gasteiger partial charge in [-0.05, 0) is 54.1 Å². The molecule has 0 bridgehead atoms. The number of primary sulfonamides is 1. The zero-order valence-electron chi connectivity index (χ0n) is 17.6. The predicted molar refractivity (Wildman–Crippen MR) is 122 cm³/mol. The van der Waals surface area contributed by atoms with Gasteiger partial charge in [0.15, 0.2) is 11.5 Å². The topological polar surface area (TPSA) is 114 Å². The van der Waals surface area contributed by atoms with Crippen molar-refractivity contribution < 1.29 is 23.0 Å². The number of aromatic hydroxyl groups is 1. The summed E-state index contributed by atoms with van der Waals surface area (Å²) >= 11 is 0. The van der Waals surface area contributed by atoms with E-state index in [0.29, 0.717) is 34.9 Å². The third kappa shape index (κ3) is 4.12. The lowest BCUT2D eigenvalue weighted by molar-refractivity contribution is 0.354. The number of methoxy groups -OCH3 is 2. The van der Waals surface area contributed by atoms with Gasteiger partial charge in [-0.25, -0.2) is 13.6 Å². The quantitative estimate of drug-likeness (QED) is 0.591. The van der Waals surface area contributed by atoms with Crippen LogP contribution in [0.25, 0.3) is 0 Å². The largest absolute Gasteiger partial charge is 0.507 e. The summed E-state index contributed by atoms with van der Waals surface area (Å²) in [6.45, 7) is 0. The first-order valence-corrected chi connectivity index (χ1v) is 11.4. The molecule has 1 atom stereocenters. The van der Waals surface area contributed by atoms with Crippen molar-refractivity contribution in [3.05, 3.63) is 77.9 Å². The van der Waals surface area contributed by atoms with E-state index in [1.165, 1.54) is 12.1 Å². The van der Waals surface area contributed by atoms with Gasteiger partial charge in [0.2, 0.25) is 10.0 Å². The van der Waals surface area contributed by atoms with Gasteiger partial charge in [0.1, 0.15) is 5.75 Å². The lowest BCUT2D eigenvalue weighted by Gasteiger charge is -2.24. The Balaban J connectivity index is 1.79. The summed E-state index contributed by atoms with van der Waals surface area (Å²) in [7, 11) is -0.654. The summed E-state index contributed by atoms with van der Waals surface area (Å²) in [4.78, 5) is 0.0213. The molecule has 3 aromatic rings. The van der Waals surface area contributed by atoms with E-state index in [-0.39, 0.29) is 16.7 Å². The van der Waals surface area contributed by atoms with E-state index in [4.69, 9.17) is 19.7 Å². The van der Waals surface area contributed by atoms with Crippen molar-refractivity contribution in [1.29, 1.82) is 0 Å². The van der Waals surface area contributed by atoms with Crippen molar-refractivity contribution in [3.63, 3.8) is 0 Å². The second-order valence-electron chi connectivity index (χ2n) is 7.28. The number of phenols is 1. The van der Waals surface area contributed by atoms with Crippen LogP contribution in [0.5, 0.6) is 17.2 Å². The smallest absolute Gasteiger partial charge is 0.238 e. The summed E-state index contributed by atoms with van der Waals surface area (Å²) < 4.78 is 34.1. The van der Waals surface area contributed by atoms with Gasteiger partial charge < -0.3 is 14.6 Å². The number of hydrogen-bond acceptors (Lipinski definition) is 7. The van der Waals surface area contributed by atoms with Gasteiger partial charge in [0.25, 0.3) is 0 Å². The van der Waals surface area contributed by atoms with E-state index in [1.807, 2.05) is 30.3 Å². The molecule has 0 amide bonds. The van der Waals surface area contributed by atoms with E-state index >= 15 is 0 Å². The second kappa shape index (κ2) is 8.52. The van der Waals surface area contributed by atoms with Gasteiger partial charge in [0.05, 0.1) is 36.6 Å². The lowest BCUT2D eigenvalue weighted by atomic mass is 9.97. The molecular weight excluding hydrogens is 430 g/mol. The van der Waals surface area contributed by atoms with Crippen LogP contribution in [0.4, 0.5) is 5.69 Å². The molecule has 0 spiro atoms. The highest BCUT2D eigenvalue weighted by Gasteiger charge is 2.31. The van der Waals surface area contributed by atoms with Crippen molar-refractivity contribution in [2.75, 3.05) is 19.2 Å². The van der Waals surface area contributed by atoms with Gasteiger partial charge in [-0.3, -0.25) is 5.01 Å². The molecule has 1 heterocycles. The number of hydrogen-bond donors (Lipinski definition) is 2. The van der Waals surface area contributed by atoms with Crippen molar-refractivity contribution >= 4 is 21.4 Å². The first-order valence-electron chi connectivity index (χ1n) is 9.81. The Kier molecular flexibility index (Phi) is 5.77. The van der Waals surface area contributed by atoms with Crippen LogP contribution >= 0.6 is 0 Å². The summed E-state index contributed by atoms with van der Waals surface area (Å²) in [5.41, 5.74) is 2.95. The van der Waals surface area contributed by atoms with E-state index in [2.05, 4.69) is 0 Å². The summed E-state index contributed by atoms with van der Waals surface area (Å²) in [6.07, 6.45) is 0.518. The molecule has 1 unspecified atom stereocenters. The minimum absolute atomic E-state index is 0.0213. The molecule has 0 radical (unpaired) electrons. The number of anilines is 1. The van der Waals surface area contributed by atoms with Crippen LogP contribution in [0.2, 0.25) is 0 Å². The summed E-state index contributed by atoms with van der Waals surface area (Å²) in [5.74, 6) is 1.34. The fraction of sp³-hybridized carbons (Fsp3) is 0.174. The van der Waals surface area contributed by atoms with Crippen LogP contribution in [-0.2, 0) is 10.0 Å². The minimum atomic E-state index is -3.80. The zero-order valence-corrected chi connectivity index (χ0v) is 18.4. The van der Waals surface area contributed by atoms with Gasteiger partial charge in [0, 0.05) is 12.0 Å². The van der Waals surface area contributed by atoms with Gasteiger partial charge >= 0.3 is 0 Å². The minimum Gasteiger partial charge on any atom is -0.507 e. The number of benzene rings is 3. The maximum Gasteiger partial charge on any atom is 0.238 e. The first-order chi connectivity index (χ1) is 15.3. The number of ether oxygens (including phenoxy) is 2. The lowest BCUT2D eigenvalue weighted by Crippen LogP contribution is -2.19. The number of nitrogens with zero attached hydrogens (tertiary/aromatic N) is 2. The van der Waals surface area contributed by atoms with Crippen molar-refractivity contribution in [2.24, 2.45) is 10.2 Å². The monoisotopic (exact) mass is 453 g/mol. The molecule has 0 saturated carbocycles. The average Bonchev–Trinajstić information content (AvgIpc) is 3.23. The van der Waals surface area contributed by atoms with Crippen LogP contribution in [0.15, 0.2) is 76.7 Å². The van der Waals surface area contributed by atoms with Crippen LogP contribution in [0, 0.1) is 0 Å². The first kappa shape index (κ1) is 21.7. The van der Waals surface area contributed by atoms with E-state index in [1.54, 1.807) is 43.5 Å². The molecule has 9 heteroatoms. The molecule has 0 fully saturated rings. The Hall–Kier alpha value is -3.56. The van der Waals surface area contributed by atoms with Crippen molar-refractivity contribution in [1.82, 2.24) is 0 Å². The highest BCUT2D eigenvalue weighted by molar-refractivity contribution is 7.89. The van der Waals surface area contributed by atoms with Crippen molar-refractivity contribution in [3.8, 4) is 17.2 Å². The van der Waals surface area contributed by atoms with Gasteiger partial charge in [-0.15, -0.1) is 0 Å². The number of rotatable bonds is 6. The number of para-hydroxylation sites is 1. The molecular formula is C23H23N3O5S. The third-order valence-electron chi connectivity index (χ3n) is 5.35. The maximum absolute atomic E-state index is 11.6. The molecule has 32 heavy (non-hydrogen) atoms.